The molecule has 0 N–H and O–H groups in total. The van der Waals surface area contributed by atoms with Crippen molar-refractivity contribution in [3.63, 3.8) is 0 Å². The van der Waals surface area contributed by atoms with Crippen molar-refractivity contribution in [1.82, 2.24) is 14.3 Å². The summed E-state index contributed by atoms with van der Waals surface area (Å²) >= 11 is 1.63. The summed E-state index contributed by atoms with van der Waals surface area (Å²) in [6.45, 7) is 4.46. The van der Waals surface area contributed by atoms with Crippen molar-refractivity contribution in [2.45, 2.75) is 38.6 Å². The topological polar surface area (TPSA) is 46.8 Å². The van der Waals surface area contributed by atoms with Gasteiger partial charge in [-0.1, -0.05) is 30.4 Å². The number of ketones is 1. The second-order valence-electron chi connectivity index (χ2n) is 8.18. The molecule has 3 heterocycles. The number of carbonyl (C=O) groups is 1. The predicted octanol–water partition coefficient (Wildman–Crippen LogP) is 5.67. The van der Waals surface area contributed by atoms with Gasteiger partial charge in [-0.05, 0) is 62.7 Å². The van der Waals surface area contributed by atoms with E-state index in [-0.39, 0.29) is 5.78 Å². The zero-order valence-electron chi connectivity index (χ0n) is 18.0. The van der Waals surface area contributed by atoms with Crippen LogP contribution in [0.5, 0.6) is 5.75 Å². The van der Waals surface area contributed by atoms with Crippen molar-refractivity contribution in [2.24, 2.45) is 0 Å². The third kappa shape index (κ3) is 3.86. The summed E-state index contributed by atoms with van der Waals surface area (Å²) in [5, 5.41) is 0. The number of methoxy groups -OCH3 is 1. The number of benzene rings is 2. The van der Waals surface area contributed by atoms with E-state index >= 15 is 0 Å². The molecule has 31 heavy (non-hydrogen) atoms. The van der Waals surface area contributed by atoms with Crippen LogP contribution in [0.2, 0.25) is 0 Å². The maximum absolute atomic E-state index is 12.8. The normalized spacial score (nSPS) is 17.0. The molecule has 0 saturated carbocycles. The molecule has 6 heteroatoms. The van der Waals surface area contributed by atoms with E-state index in [1.54, 1.807) is 18.4 Å². The number of thiazole rings is 1. The number of imidazole rings is 1. The summed E-state index contributed by atoms with van der Waals surface area (Å²) < 4.78 is 8.55. The molecule has 1 saturated heterocycles. The van der Waals surface area contributed by atoms with Gasteiger partial charge in [0.2, 0.25) is 0 Å². The van der Waals surface area contributed by atoms with E-state index in [2.05, 4.69) is 28.5 Å². The van der Waals surface area contributed by atoms with Crippen molar-refractivity contribution in [1.29, 1.82) is 0 Å². The van der Waals surface area contributed by atoms with Crippen LogP contribution in [0.25, 0.3) is 26.4 Å². The lowest BCUT2D eigenvalue weighted by atomic mass is 10.0. The van der Waals surface area contributed by atoms with Gasteiger partial charge >= 0.3 is 0 Å². The molecule has 1 fully saturated rings. The van der Waals surface area contributed by atoms with Gasteiger partial charge in [-0.2, -0.15) is 0 Å². The summed E-state index contributed by atoms with van der Waals surface area (Å²) in [4.78, 5) is 21.1. The maximum Gasteiger partial charge on any atom is 0.195 e. The molecule has 160 valence electrons. The maximum atomic E-state index is 12.8. The van der Waals surface area contributed by atoms with Crippen molar-refractivity contribution >= 4 is 32.3 Å². The summed E-state index contributed by atoms with van der Waals surface area (Å²) in [5.74, 6) is 1.06. The SMILES string of the molecule is CCN1CCC[C@@H]1CCC(=O)c1ccc2c(c1)sc1nc(-c3cccc(OC)c3)cn12. The van der Waals surface area contributed by atoms with Gasteiger partial charge in [0.05, 0.1) is 23.0 Å². The van der Waals surface area contributed by atoms with Gasteiger partial charge in [-0.15, -0.1) is 0 Å². The Labute approximate surface area is 186 Å². The number of likely N-dealkylation sites (tertiary alicyclic amines) is 1. The number of nitrogens with zero attached hydrogens (tertiary/aromatic N) is 3. The molecule has 1 aliphatic heterocycles. The average Bonchev–Trinajstić information content (AvgIpc) is 3.51. The summed E-state index contributed by atoms with van der Waals surface area (Å²) in [6.07, 6.45) is 6.12. The van der Waals surface area contributed by atoms with Gasteiger partial charge in [0.25, 0.3) is 0 Å². The highest BCUT2D eigenvalue weighted by molar-refractivity contribution is 7.23. The van der Waals surface area contributed by atoms with Crippen LogP contribution in [0.1, 0.15) is 43.0 Å². The second kappa shape index (κ2) is 8.44. The molecule has 0 amide bonds. The van der Waals surface area contributed by atoms with Crippen molar-refractivity contribution in [3.8, 4) is 17.0 Å². The highest BCUT2D eigenvalue weighted by Gasteiger charge is 2.23. The first-order chi connectivity index (χ1) is 15.2. The van der Waals surface area contributed by atoms with E-state index < -0.39 is 0 Å². The molecule has 0 bridgehead atoms. The average molecular weight is 434 g/mol. The van der Waals surface area contributed by atoms with Crippen molar-refractivity contribution in [2.75, 3.05) is 20.2 Å². The summed E-state index contributed by atoms with van der Waals surface area (Å²) in [7, 11) is 1.67. The van der Waals surface area contributed by atoms with E-state index in [0.717, 1.165) is 50.7 Å². The minimum Gasteiger partial charge on any atom is -0.497 e. The highest BCUT2D eigenvalue weighted by Crippen LogP contribution is 2.31. The molecule has 2 aromatic heterocycles. The number of rotatable bonds is 7. The fourth-order valence-electron chi connectivity index (χ4n) is 4.68. The molecular formula is C25H27N3O2S. The Hall–Kier alpha value is -2.70. The molecule has 5 nitrogen and oxygen atoms in total. The first kappa shape index (κ1) is 20.2. The Kier molecular flexibility index (Phi) is 5.50. The predicted molar refractivity (Wildman–Crippen MR) is 126 cm³/mol. The molecule has 0 spiro atoms. The lowest BCUT2D eigenvalue weighted by Gasteiger charge is -2.22. The van der Waals surface area contributed by atoms with E-state index in [9.17, 15) is 4.79 Å². The first-order valence-electron chi connectivity index (χ1n) is 11.0. The van der Waals surface area contributed by atoms with E-state index in [1.807, 2.05) is 36.4 Å². The fourth-order valence-corrected chi connectivity index (χ4v) is 5.72. The Morgan fingerprint density at radius 3 is 3.00 bits per heavy atom. The second-order valence-corrected chi connectivity index (χ2v) is 9.19. The fraction of sp³-hybridized carbons (Fsp3) is 0.360. The molecule has 0 radical (unpaired) electrons. The number of hydrogen-bond donors (Lipinski definition) is 0. The van der Waals surface area contributed by atoms with Crippen molar-refractivity contribution < 1.29 is 9.53 Å². The lowest BCUT2D eigenvalue weighted by molar-refractivity contribution is 0.0968. The Morgan fingerprint density at radius 1 is 1.26 bits per heavy atom. The molecular weight excluding hydrogens is 406 g/mol. The van der Waals surface area contributed by atoms with Crippen molar-refractivity contribution in [3.05, 3.63) is 54.2 Å². The van der Waals surface area contributed by atoms with Gasteiger partial charge in [0.15, 0.2) is 10.7 Å². The van der Waals surface area contributed by atoms with Gasteiger partial charge in [-0.25, -0.2) is 4.98 Å². The van der Waals surface area contributed by atoms with Crippen LogP contribution in [0.4, 0.5) is 0 Å². The molecule has 1 atom stereocenters. The van der Waals surface area contributed by atoms with Crippen LogP contribution in [-0.2, 0) is 0 Å². The van der Waals surface area contributed by atoms with Crippen LogP contribution >= 0.6 is 11.3 Å². The van der Waals surface area contributed by atoms with Crippen LogP contribution in [0.15, 0.2) is 48.7 Å². The largest absolute Gasteiger partial charge is 0.497 e. The monoisotopic (exact) mass is 433 g/mol. The number of fused-ring (bicyclic) bond motifs is 3. The quantitative estimate of drug-likeness (QED) is 0.352. The van der Waals surface area contributed by atoms with Gasteiger partial charge in [0, 0.05) is 29.8 Å². The highest BCUT2D eigenvalue weighted by atomic mass is 32.1. The number of carbonyl (C=O) groups excluding carboxylic acids is 1. The lowest BCUT2D eigenvalue weighted by Crippen LogP contribution is -2.29. The molecule has 4 aromatic rings. The molecule has 5 rings (SSSR count). The third-order valence-electron chi connectivity index (χ3n) is 6.39. The summed E-state index contributed by atoms with van der Waals surface area (Å²) in [6, 6.07) is 14.6. The van der Waals surface area contributed by atoms with E-state index in [1.165, 1.54) is 19.4 Å². The molecule has 0 aliphatic carbocycles. The van der Waals surface area contributed by atoms with E-state index in [4.69, 9.17) is 9.72 Å². The Morgan fingerprint density at radius 2 is 2.16 bits per heavy atom. The molecule has 0 unspecified atom stereocenters. The first-order valence-corrected chi connectivity index (χ1v) is 11.8. The van der Waals surface area contributed by atoms with Crippen LogP contribution in [0.3, 0.4) is 0 Å². The minimum absolute atomic E-state index is 0.243. The summed E-state index contributed by atoms with van der Waals surface area (Å²) in [5.41, 5.74) is 3.85. The van der Waals surface area contributed by atoms with Gasteiger partial charge < -0.3 is 9.64 Å². The number of ether oxygens (including phenoxy) is 1. The smallest absolute Gasteiger partial charge is 0.195 e. The Bertz CT molecular complexity index is 1240. The third-order valence-corrected chi connectivity index (χ3v) is 7.41. The van der Waals surface area contributed by atoms with Crippen LogP contribution in [0, 0.1) is 0 Å². The van der Waals surface area contributed by atoms with Gasteiger partial charge in [-0.3, -0.25) is 9.20 Å². The van der Waals surface area contributed by atoms with Crippen LogP contribution in [-0.4, -0.2) is 46.3 Å². The zero-order valence-corrected chi connectivity index (χ0v) is 18.8. The molecule has 1 aliphatic rings. The van der Waals surface area contributed by atoms with Crippen LogP contribution < -0.4 is 4.74 Å². The number of aromatic nitrogens is 2. The zero-order chi connectivity index (χ0) is 21.4. The van der Waals surface area contributed by atoms with E-state index in [0.29, 0.717) is 12.5 Å². The molecule has 2 aromatic carbocycles. The number of hydrogen-bond acceptors (Lipinski definition) is 5. The Balaban J connectivity index is 1.37. The number of Topliss-reactive ketones (excluding diaryl/α,β-unsaturated/α-hetero) is 1. The van der Waals surface area contributed by atoms with Gasteiger partial charge in [0.1, 0.15) is 5.75 Å². The minimum atomic E-state index is 0.243. The standard InChI is InChI=1S/C25H27N3O2S/c1-3-27-13-5-7-19(27)10-12-23(29)18-9-11-22-24(15-18)31-25-26-21(16-28(22)25)17-6-4-8-20(14-17)30-2/h4,6,8-9,11,14-16,19H,3,5,7,10,12-13H2,1-2H3/t19-/m1/s1.